The summed E-state index contributed by atoms with van der Waals surface area (Å²) in [5.41, 5.74) is 2.39. The smallest absolute Gasteiger partial charge is 0.257 e. The van der Waals surface area contributed by atoms with Gasteiger partial charge in [0.2, 0.25) is 0 Å². The van der Waals surface area contributed by atoms with Crippen molar-refractivity contribution >= 4 is 5.91 Å². The summed E-state index contributed by atoms with van der Waals surface area (Å²) >= 11 is 0. The molecule has 0 bridgehead atoms. The van der Waals surface area contributed by atoms with Gasteiger partial charge in [0, 0.05) is 13.2 Å². The number of amides is 1. The first kappa shape index (κ1) is 17.8. The molecule has 1 aliphatic carbocycles. The van der Waals surface area contributed by atoms with Crippen LogP contribution in [0.2, 0.25) is 0 Å². The highest BCUT2D eigenvalue weighted by Crippen LogP contribution is 2.20. The van der Waals surface area contributed by atoms with Gasteiger partial charge in [0.1, 0.15) is 5.75 Å². The van der Waals surface area contributed by atoms with Gasteiger partial charge in [0.15, 0.2) is 6.61 Å². The standard InChI is InChI=1S/C19H29NO3/c1-15-9-10-18(13-16(15)2)23-14-19(21)20-11-6-12-22-17-7-4-3-5-8-17/h9-10,13,17H,3-8,11-12,14H2,1-2H3,(H,20,21). The Bertz CT molecular complexity index is 495. The molecule has 23 heavy (non-hydrogen) atoms. The van der Waals surface area contributed by atoms with Crippen LogP contribution >= 0.6 is 0 Å². The maximum absolute atomic E-state index is 11.8. The summed E-state index contributed by atoms with van der Waals surface area (Å²) in [5.74, 6) is 0.657. The van der Waals surface area contributed by atoms with E-state index in [-0.39, 0.29) is 12.5 Å². The highest BCUT2D eigenvalue weighted by Gasteiger charge is 2.13. The van der Waals surface area contributed by atoms with Gasteiger partial charge >= 0.3 is 0 Å². The molecule has 1 aromatic carbocycles. The third kappa shape index (κ3) is 6.61. The molecule has 1 fully saturated rings. The normalized spacial score (nSPS) is 15.4. The molecule has 2 rings (SSSR count). The van der Waals surface area contributed by atoms with E-state index in [1.54, 1.807) is 0 Å². The van der Waals surface area contributed by atoms with E-state index in [0.29, 0.717) is 12.6 Å². The molecule has 0 heterocycles. The van der Waals surface area contributed by atoms with Gasteiger partial charge in [-0.15, -0.1) is 0 Å². The third-order valence-electron chi connectivity index (χ3n) is 4.40. The van der Waals surface area contributed by atoms with E-state index in [2.05, 4.69) is 12.2 Å². The van der Waals surface area contributed by atoms with E-state index in [9.17, 15) is 4.79 Å². The minimum Gasteiger partial charge on any atom is -0.484 e. The highest BCUT2D eigenvalue weighted by atomic mass is 16.5. The van der Waals surface area contributed by atoms with Gasteiger partial charge < -0.3 is 14.8 Å². The molecule has 128 valence electrons. The van der Waals surface area contributed by atoms with E-state index in [4.69, 9.17) is 9.47 Å². The van der Waals surface area contributed by atoms with Crippen molar-refractivity contribution in [2.75, 3.05) is 19.8 Å². The Morgan fingerprint density at radius 1 is 1.17 bits per heavy atom. The lowest BCUT2D eigenvalue weighted by Crippen LogP contribution is -2.30. The van der Waals surface area contributed by atoms with Gasteiger partial charge in [-0.2, -0.15) is 0 Å². The Morgan fingerprint density at radius 3 is 2.70 bits per heavy atom. The molecule has 1 amide bonds. The Kier molecular flexibility index (Phi) is 7.40. The molecule has 0 spiro atoms. The Labute approximate surface area is 139 Å². The van der Waals surface area contributed by atoms with Crippen LogP contribution in [0.4, 0.5) is 0 Å². The van der Waals surface area contributed by atoms with Crippen LogP contribution in [0.15, 0.2) is 18.2 Å². The minimum atomic E-state index is -0.0825. The predicted molar refractivity (Wildman–Crippen MR) is 91.9 cm³/mol. The zero-order valence-corrected chi connectivity index (χ0v) is 14.4. The lowest BCUT2D eigenvalue weighted by molar-refractivity contribution is -0.123. The summed E-state index contributed by atoms with van der Waals surface area (Å²) in [6, 6.07) is 5.86. The number of aryl methyl sites for hydroxylation is 2. The van der Waals surface area contributed by atoms with Crippen LogP contribution in [0, 0.1) is 13.8 Å². The van der Waals surface area contributed by atoms with Crippen LogP contribution in [-0.4, -0.2) is 31.8 Å². The largest absolute Gasteiger partial charge is 0.484 e. The molecule has 1 N–H and O–H groups in total. The topological polar surface area (TPSA) is 47.6 Å². The molecule has 1 saturated carbocycles. The molecule has 0 aliphatic heterocycles. The fourth-order valence-corrected chi connectivity index (χ4v) is 2.79. The molecular weight excluding hydrogens is 290 g/mol. The molecule has 1 aromatic rings. The van der Waals surface area contributed by atoms with Crippen molar-refractivity contribution in [1.82, 2.24) is 5.32 Å². The van der Waals surface area contributed by atoms with Gasteiger partial charge in [-0.25, -0.2) is 0 Å². The zero-order valence-electron chi connectivity index (χ0n) is 14.4. The number of rotatable bonds is 8. The predicted octanol–water partition coefficient (Wildman–Crippen LogP) is 3.54. The first-order chi connectivity index (χ1) is 11.1. The monoisotopic (exact) mass is 319 g/mol. The van der Waals surface area contributed by atoms with Crippen molar-refractivity contribution in [3.05, 3.63) is 29.3 Å². The minimum absolute atomic E-state index is 0.0615. The molecule has 0 saturated heterocycles. The average molecular weight is 319 g/mol. The fraction of sp³-hybridized carbons (Fsp3) is 0.632. The SMILES string of the molecule is Cc1ccc(OCC(=O)NCCCOC2CCCCC2)cc1C. The molecule has 0 atom stereocenters. The number of carbonyl (C=O) groups excluding carboxylic acids is 1. The van der Waals surface area contributed by atoms with E-state index >= 15 is 0 Å². The maximum atomic E-state index is 11.8. The third-order valence-corrected chi connectivity index (χ3v) is 4.40. The molecular formula is C19H29NO3. The Hall–Kier alpha value is -1.55. The highest BCUT2D eigenvalue weighted by molar-refractivity contribution is 5.77. The lowest BCUT2D eigenvalue weighted by atomic mass is 9.98. The number of nitrogens with one attached hydrogen (secondary N) is 1. The van der Waals surface area contributed by atoms with Crippen molar-refractivity contribution in [3.63, 3.8) is 0 Å². The van der Waals surface area contributed by atoms with Gasteiger partial charge in [0.05, 0.1) is 6.10 Å². The Morgan fingerprint density at radius 2 is 1.96 bits per heavy atom. The van der Waals surface area contributed by atoms with Gasteiger partial charge in [-0.1, -0.05) is 25.3 Å². The molecule has 4 heteroatoms. The van der Waals surface area contributed by atoms with Crippen LogP contribution in [0.25, 0.3) is 0 Å². The summed E-state index contributed by atoms with van der Waals surface area (Å²) in [6.45, 7) is 5.52. The van der Waals surface area contributed by atoms with Gasteiger partial charge in [-0.3, -0.25) is 4.79 Å². The maximum Gasteiger partial charge on any atom is 0.257 e. The molecule has 0 aromatic heterocycles. The molecule has 0 unspecified atom stereocenters. The van der Waals surface area contributed by atoms with Crippen LogP contribution in [0.5, 0.6) is 5.75 Å². The second-order valence-electron chi connectivity index (χ2n) is 6.37. The van der Waals surface area contributed by atoms with E-state index < -0.39 is 0 Å². The molecule has 4 nitrogen and oxygen atoms in total. The van der Waals surface area contributed by atoms with E-state index in [1.165, 1.54) is 43.2 Å². The molecule has 1 aliphatic rings. The first-order valence-electron chi connectivity index (χ1n) is 8.73. The summed E-state index contributed by atoms with van der Waals surface area (Å²) in [4.78, 5) is 11.8. The second-order valence-corrected chi connectivity index (χ2v) is 6.37. The van der Waals surface area contributed by atoms with Crippen molar-refractivity contribution in [3.8, 4) is 5.75 Å². The van der Waals surface area contributed by atoms with E-state index in [1.807, 2.05) is 25.1 Å². The van der Waals surface area contributed by atoms with Gasteiger partial charge in [0.25, 0.3) is 5.91 Å². The summed E-state index contributed by atoms with van der Waals surface area (Å²) in [5, 5.41) is 2.87. The second kappa shape index (κ2) is 9.56. The van der Waals surface area contributed by atoms with Crippen molar-refractivity contribution < 1.29 is 14.3 Å². The van der Waals surface area contributed by atoms with Crippen molar-refractivity contribution in [1.29, 1.82) is 0 Å². The lowest BCUT2D eigenvalue weighted by Gasteiger charge is -2.21. The first-order valence-corrected chi connectivity index (χ1v) is 8.73. The number of hydrogen-bond acceptors (Lipinski definition) is 3. The number of benzene rings is 1. The van der Waals surface area contributed by atoms with Gasteiger partial charge in [-0.05, 0) is 56.4 Å². The van der Waals surface area contributed by atoms with E-state index in [0.717, 1.165) is 18.8 Å². The van der Waals surface area contributed by atoms with Crippen LogP contribution < -0.4 is 10.1 Å². The van der Waals surface area contributed by atoms with Crippen molar-refractivity contribution in [2.24, 2.45) is 0 Å². The number of hydrogen-bond donors (Lipinski definition) is 1. The number of ether oxygens (including phenoxy) is 2. The summed E-state index contributed by atoms with van der Waals surface area (Å²) < 4.78 is 11.3. The summed E-state index contributed by atoms with van der Waals surface area (Å²) in [7, 11) is 0. The quantitative estimate of drug-likeness (QED) is 0.746. The number of carbonyl (C=O) groups is 1. The fourth-order valence-electron chi connectivity index (χ4n) is 2.79. The molecule has 0 radical (unpaired) electrons. The van der Waals surface area contributed by atoms with Crippen molar-refractivity contribution in [2.45, 2.75) is 58.5 Å². The van der Waals surface area contributed by atoms with Crippen LogP contribution in [0.1, 0.15) is 49.7 Å². The Balaban J connectivity index is 1.53. The summed E-state index contributed by atoms with van der Waals surface area (Å²) in [6.07, 6.45) is 7.59. The van der Waals surface area contributed by atoms with Crippen LogP contribution in [-0.2, 0) is 9.53 Å². The zero-order chi connectivity index (χ0) is 16.5. The van der Waals surface area contributed by atoms with Crippen LogP contribution in [0.3, 0.4) is 0 Å². The average Bonchev–Trinajstić information content (AvgIpc) is 2.56.